The van der Waals surface area contributed by atoms with E-state index in [2.05, 4.69) is 15.5 Å². The van der Waals surface area contributed by atoms with Crippen LogP contribution < -0.4 is 5.32 Å². The minimum atomic E-state index is -0.399. The first-order valence-electron chi connectivity index (χ1n) is 5.93. The van der Waals surface area contributed by atoms with Gasteiger partial charge in [-0.2, -0.15) is 0 Å². The molecule has 5 nitrogen and oxygen atoms in total. The number of pyridine rings is 1. The largest absolute Gasteiger partial charge is 0.360 e. The first kappa shape index (κ1) is 12.3. The lowest BCUT2D eigenvalue weighted by atomic mass is 10.2. The highest BCUT2D eigenvalue weighted by atomic mass is 19.1. The zero-order valence-electron chi connectivity index (χ0n) is 10.6. The summed E-state index contributed by atoms with van der Waals surface area (Å²) in [5.74, 6) is 0.190. The number of carbonyl (C=O) groups is 1. The molecule has 2 aromatic heterocycles. The number of nitrogens with zero attached hydrogens (tertiary/aromatic N) is 2. The molecule has 3 aromatic rings. The molecule has 0 saturated carbocycles. The lowest BCUT2D eigenvalue weighted by Gasteiger charge is -2.02. The maximum atomic E-state index is 13.1. The predicted octanol–water partition coefficient (Wildman–Crippen LogP) is 2.92. The van der Waals surface area contributed by atoms with Crippen molar-refractivity contribution >= 4 is 22.6 Å². The molecule has 0 spiro atoms. The molecule has 0 saturated heterocycles. The van der Waals surface area contributed by atoms with Crippen LogP contribution in [0.25, 0.3) is 10.9 Å². The second-order valence-corrected chi connectivity index (χ2v) is 4.31. The highest BCUT2D eigenvalue weighted by Gasteiger charge is 2.11. The Kier molecular flexibility index (Phi) is 2.90. The topological polar surface area (TPSA) is 68.0 Å². The number of fused-ring (bicyclic) bond motifs is 1. The molecule has 0 aliphatic heterocycles. The number of hydrogen-bond acceptors (Lipinski definition) is 4. The average molecular weight is 271 g/mol. The molecule has 1 N–H and O–H groups in total. The number of anilines is 1. The first-order chi connectivity index (χ1) is 9.61. The molecule has 1 amide bonds. The Balaban J connectivity index is 1.89. The Bertz CT molecular complexity index is 798. The first-order valence-corrected chi connectivity index (χ1v) is 5.93. The maximum Gasteiger partial charge on any atom is 0.275 e. The van der Waals surface area contributed by atoms with Gasteiger partial charge < -0.3 is 9.84 Å². The number of aromatic nitrogens is 2. The SMILES string of the molecule is Cc1cc(NC(=O)c2ccc3cc(F)ccc3n2)no1. The minimum Gasteiger partial charge on any atom is -0.360 e. The van der Waals surface area contributed by atoms with E-state index in [0.717, 1.165) is 0 Å². The molecule has 0 aliphatic carbocycles. The molecular weight excluding hydrogens is 261 g/mol. The standard InChI is InChI=1S/C14H10FN3O2/c1-8-6-13(18-20-8)17-14(19)12-4-2-9-7-10(15)3-5-11(9)16-12/h2-7H,1H3,(H,17,18,19). The van der Waals surface area contributed by atoms with E-state index in [1.165, 1.54) is 24.3 Å². The van der Waals surface area contributed by atoms with Crippen LogP contribution in [0.5, 0.6) is 0 Å². The van der Waals surface area contributed by atoms with Crippen LogP contribution in [-0.2, 0) is 0 Å². The van der Waals surface area contributed by atoms with Gasteiger partial charge in [0.05, 0.1) is 5.52 Å². The third-order valence-corrected chi connectivity index (χ3v) is 2.75. The lowest BCUT2D eigenvalue weighted by molar-refractivity contribution is 0.102. The molecule has 0 unspecified atom stereocenters. The van der Waals surface area contributed by atoms with Crippen molar-refractivity contribution in [3.05, 3.63) is 53.7 Å². The lowest BCUT2D eigenvalue weighted by Crippen LogP contribution is -2.13. The van der Waals surface area contributed by atoms with Crippen molar-refractivity contribution in [3.63, 3.8) is 0 Å². The molecule has 0 bridgehead atoms. The summed E-state index contributed by atoms with van der Waals surface area (Å²) in [6, 6.07) is 8.98. The van der Waals surface area contributed by atoms with Crippen molar-refractivity contribution in [2.45, 2.75) is 6.92 Å². The molecule has 3 rings (SSSR count). The number of carbonyl (C=O) groups excluding carboxylic acids is 1. The van der Waals surface area contributed by atoms with Crippen LogP contribution >= 0.6 is 0 Å². The quantitative estimate of drug-likeness (QED) is 0.778. The maximum absolute atomic E-state index is 13.1. The minimum absolute atomic E-state index is 0.227. The normalized spacial score (nSPS) is 10.7. The summed E-state index contributed by atoms with van der Waals surface area (Å²) in [4.78, 5) is 16.2. The Hall–Kier alpha value is -2.76. The number of benzene rings is 1. The molecule has 6 heteroatoms. The van der Waals surface area contributed by atoms with Gasteiger partial charge >= 0.3 is 0 Å². The Morgan fingerprint density at radius 1 is 1.25 bits per heavy atom. The summed E-state index contributed by atoms with van der Waals surface area (Å²) in [5.41, 5.74) is 0.778. The van der Waals surface area contributed by atoms with E-state index in [4.69, 9.17) is 4.52 Å². The number of rotatable bonds is 2. The molecule has 100 valence electrons. The van der Waals surface area contributed by atoms with Crippen LogP contribution in [0.4, 0.5) is 10.2 Å². The third-order valence-electron chi connectivity index (χ3n) is 2.75. The molecule has 1 aromatic carbocycles. The highest BCUT2D eigenvalue weighted by molar-refractivity contribution is 6.03. The zero-order chi connectivity index (χ0) is 14.1. The van der Waals surface area contributed by atoms with E-state index in [-0.39, 0.29) is 11.5 Å². The van der Waals surface area contributed by atoms with Crippen LogP contribution in [0.3, 0.4) is 0 Å². The summed E-state index contributed by atoms with van der Waals surface area (Å²) in [6.07, 6.45) is 0. The van der Waals surface area contributed by atoms with Crippen LogP contribution in [0.2, 0.25) is 0 Å². The fourth-order valence-electron chi connectivity index (χ4n) is 1.83. The summed E-state index contributed by atoms with van der Waals surface area (Å²) >= 11 is 0. The van der Waals surface area contributed by atoms with Gasteiger partial charge in [0.2, 0.25) is 0 Å². The van der Waals surface area contributed by atoms with Gasteiger partial charge in [0.1, 0.15) is 17.3 Å². The van der Waals surface area contributed by atoms with E-state index in [1.807, 2.05) is 0 Å². The van der Waals surface area contributed by atoms with Crippen molar-refractivity contribution in [1.82, 2.24) is 10.1 Å². The van der Waals surface area contributed by atoms with Gasteiger partial charge in [-0.3, -0.25) is 4.79 Å². The van der Waals surface area contributed by atoms with Crippen molar-refractivity contribution in [3.8, 4) is 0 Å². The van der Waals surface area contributed by atoms with E-state index < -0.39 is 5.91 Å². The number of nitrogens with one attached hydrogen (secondary N) is 1. The van der Waals surface area contributed by atoms with Crippen molar-refractivity contribution in [2.24, 2.45) is 0 Å². The van der Waals surface area contributed by atoms with E-state index >= 15 is 0 Å². The van der Waals surface area contributed by atoms with Gasteiger partial charge in [0.25, 0.3) is 5.91 Å². The van der Waals surface area contributed by atoms with Crippen LogP contribution in [-0.4, -0.2) is 16.0 Å². The molecular formula is C14H10FN3O2. The van der Waals surface area contributed by atoms with E-state index in [1.54, 1.807) is 19.1 Å². The molecule has 2 heterocycles. The van der Waals surface area contributed by atoms with Crippen LogP contribution in [0.1, 0.15) is 16.2 Å². The van der Waals surface area contributed by atoms with Gasteiger partial charge in [-0.25, -0.2) is 9.37 Å². The zero-order valence-corrected chi connectivity index (χ0v) is 10.6. The van der Waals surface area contributed by atoms with Crippen molar-refractivity contribution in [1.29, 1.82) is 0 Å². The Morgan fingerprint density at radius 2 is 2.10 bits per heavy atom. The second kappa shape index (κ2) is 4.73. The van der Waals surface area contributed by atoms with E-state index in [9.17, 15) is 9.18 Å². The Morgan fingerprint density at radius 3 is 2.85 bits per heavy atom. The predicted molar refractivity (Wildman–Crippen MR) is 70.9 cm³/mol. The summed E-state index contributed by atoms with van der Waals surface area (Å²) in [7, 11) is 0. The highest BCUT2D eigenvalue weighted by Crippen LogP contribution is 2.15. The molecule has 0 fully saturated rings. The second-order valence-electron chi connectivity index (χ2n) is 4.31. The summed E-state index contributed by atoms with van der Waals surface area (Å²) < 4.78 is 17.9. The van der Waals surface area contributed by atoms with Crippen molar-refractivity contribution in [2.75, 3.05) is 5.32 Å². The number of aryl methyl sites for hydroxylation is 1. The molecule has 0 atom stereocenters. The summed E-state index contributed by atoms with van der Waals surface area (Å²) in [5, 5.41) is 6.88. The van der Waals surface area contributed by atoms with E-state index in [0.29, 0.717) is 22.5 Å². The monoisotopic (exact) mass is 271 g/mol. The number of halogens is 1. The fourth-order valence-corrected chi connectivity index (χ4v) is 1.83. The van der Waals surface area contributed by atoms with Gasteiger partial charge in [0.15, 0.2) is 5.82 Å². The Labute approximate surface area is 113 Å². The molecule has 0 aliphatic rings. The third kappa shape index (κ3) is 2.35. The fraction of sp³-hybridized carbons (Fsp3) is 0.0714. The smallest absolute Gasteiger partial charge is 0.275 e. The van der Waals surface area contributed by atoms with Crippen LogP contribution in [0.15, 0.2) is 40.9 Å². The number of amides is 1. The van der Waals surface area contributed by atoms with Gasteiger partial charge in [-0.15, -0.1) is 0 Å². The van der Waals surface area contributed by atoms with Crippen LogP contribution in [0, 0.1) is 12.7 Å². The summed E-state index contributed by atoms with van der Waals surface area (Å²) in [6.45, 7) is 1.73. The van der Waals surface area contributed by atoms with Gasteiger partial charge in [-0.05, 0) is 31.2 Å². The van der Waals surface area contributed by atoms with Gasteiger partial charge in [0, 0.05) is 11.5 Å². The van der Waals surface area contributed by atoms with Gasteiger partial charge in [-0.1, -0.05) is 11.2 Å². The molecule has 20 heavy (non-hydrogen) atoms. The average Bonchev–Trinajstić information content (AvgIpc) is 2.83. The molecule has 0 radical (unpaired) electrons. The number of hydrogen-bond donors (Lipinski definition) is 1. The van der Waals surface area contributed by atoms with Crippen molar-refractivity contribution < 1.29 is 13.7 Å².